The lowest BCUT2D eigenvalue weighted by Gasteiger charge is -2.18. The van der Waals surface area contributed by atoms with Gasteiger partial charge in [-0.2, -0.15) is 0 Å². The lowest BCUT2D eigenvalue weighted by Crippen LogP contribution is -2.35. The molecule has 25 heavy (non-hydrogen) atoms. The maximum absolute atomic E-state index is 11.2. The van der Waals surface area contributed by atoms with Gasteiger partial charge in [0.15, 0.2) is 0 Å². The number of hydrogen-bond donors (Lipinski definition) is 2. The van der Waals surface area contributed by atoms with E-state index in [1.807, 2.05) is 30.3 Å². The Bertz CT molecular complexity index is 905. The molecule has 6 nitrogen and oxygen atoms in total. The Morgan fingerprint density at radius 3 is 3.04 bits per heavy atom. The first-order chi connectivity index (χ1) is 12.1. The van der Waals surface area contributed by atoms with E-state index in [1.165, 1.54) is 0 Å². The number of carbonyl (C=O) groups is 1. The van der Waals surface area contributed by atoms with E-state index in [0.29, 0.717) is 5.02 Å². The van der Waals surface area contributed by atoms with Crippen molar-refractivity contribution >= 4 is 34.4 Å². The van der Waals surface area contributed by atoms with Crippen molar-refractivity contribution in [2.24, 2.45) is 0 Å². The zero-order chi connectivity index (χ0) is 17.4. The van der Waals surface area contributed by atoms with Gasteiger partial charge in [-0.15, -0.1) is 0 Å². The van der Waals surface area contributed by atoms with Gasteiger partial charge in [0.2, 0.25) is 5.91 Å². The molecule has 4 rings (SSSR count). The van der Waals surface area contributed by atoms with Gasteiger partial charge in [0.25, 0.3) is 0 Å². The van der Waals surface area contributed by atoms with E-state index in [4.69, 9.17) is 11.6 Å². The number of fused-ring (bicyclic) bond motifs is 1. The second kappa shape index (κ2) is 6.37. The Kier molecular flexibility index (Phi) is 4.05. The van der Waals surface area contributed by atoms with E-state index < -0.39 is 0 Å². The molecule has 1 atom stereocenters. The fourth-order valence-electron chi connectivity index (χ4n) is 3.24. The van der Waals surface area contributed by atoms with E-state index in [9.17, 15) is 4.79 Å². The summed E-state index contributed by atoms with van der Waals surface area (Å²) in [6, 6.07) is 9.99. The zero-order valence-electron chi connectivity index (χ0n) is 13.8. The molecule has 3 heterocycles. The topological polar surface area (TPSA) is 73.9 Å². The summed E-state index contributed by atoms with van der Waals surface area (Å²) in [5, 5.41) is 3.52. The number of aromatic nitrogens is 3. The van der Waals surface area contributed by atoms with Gasteiger partial charge in [-0.05, 0) is 24.6 Å². The van der Waals surface area contributed by atoms with Crippen LogP contribution in [0.4, 0.5) is 5.82 Å². The van der Waals surface area contributed by atoms with Crippen molar-refractivity contribution in [3.63, 3.8) is 0 Å². The van der Waals surface area contributed by atoms with E-state index in [-0.39, 0.29) is 11.9 Å². The molecule has 128 valence electrons. The second-order valence-corrected chi connectivity index (χ2v) is 6.66. The average Bonchev–Trinajstić information content (AvgIpc) is 3.21. The normalized spacial score (nSPS) is 17.2. The Morgan fingerprint density at radius 2 is 2.24 bits per heavy atom. The van der Waals surface area contributed by atoms with Gasteiger partial charge in [-0.25, -0.2) is 9.97 Å². The van der Waals surface area contributed by atoms with E-state index in [0.717, 1.165) is 47.7 Å². The van der Waals surface area contributed by atoms with Crippen molar-refractivity contribution in [3.05, 3.63) is 41.6 Å². The number of halogens is 1. The first-order valence-electron chi connectivity index (χ1n) is 8.23. The molecule has 3 aromatic rings. The number of aromatic amines is 1. The smallest absolute Gasteiger partial charge is 0.217 e. The molecule has 1 fully saturated rings. The molecule has 1 unspecified atom stereocenters. The third kappa shape index (κ3) is 3.17. The number of nitrogens with zero attached hydrogens (tertiary/aromatic N) is 3. The highest BCUT2D eigenvalue weighted by Crippen LogP contribution is 2.31. The number of anilines is 1. The van der Waals surface area contributed by atoms with Crippen molar-refractivity contribution in [1.82, 2.24) is 20.3 Å². The minimum absolute atomic E-state index is 0.00104. The number of para-hydroxylation sites is 2. The first-order valence-corrected chi connectivity index (χ1v) is 8.60. The van der Waals surface area contributed by atoms with Crippen LogP contribution in [0, 0.1) is 0 Å². The number of pyridine rings is 1. The molecule has 2 aromatic heterocycles. The molecule has 0 radical (unpaired) electrons. The van der Waals surface area contributed by atoms with Crippen molar-refractivity contribution in [2.45, 2.75) is 19.4 Å². The molecule has 2 N–H and O–H groups in total. The number of imidazole rings is 1. The van der Waals surface area contributed by atoms with Crippen LogP contribution < -0.4 is 10.2 Å². The van der Waals surface area contributed by atoms with Gasteiger partial charge in [0.05, 0.1) is 16.1 Å². The maximum Gasteiger partial charge on any atom is 0.217 e. The number of nitrogens with one attached hydrogen (secondary N) is 2. The molecule has 0 aliphatic carbocycles. The summed E-state index contributed by atoms with van der Waals surface area (Å²) < 4.78 is 0. The van der Waals surface area contributed by atoms with Crippen LogP contribution in [0.3, 0.4) is 0 Å². The summed E-state index contributed by atoms with van der Waals surface area (Å²) in [6.45, 7) is 3.13. The first kappa shape index (κ1) is 15.9. The van der Waals surface area contributed by atoms with E-state index >= 15 is 0 Å². The lowest BCUT2D eigenvalue weighted by atomic mass is 10.2. The third-order valence-electron chi connectivity index (χ3n) is 4.41. The lowest BCUT2D eigenvalue weighted by molar-refractivity contribution is -0.119. The summed E-state index contributed by atoms with van der Waals surface area (Å²) in [5.74, 6) is 1.57. The van der Waals surface area contributed by atoms with Crippen LogP contribution in [0.5, 0.6) is 0 Å². The highest BCUT2D eigenvalue weighted by molar-refractivity contribution is 6.33. The van der Waals surface area contributed by atoms with Crippen molar-refractivity contribution in [2.75, 3.05) is 18.0 Å². The van der Waals surface area contributed by atoms with Gasteiger partial charge in [-0.1, -0.05) is 23.7 Å². The average molecular weight is 356 g/mol. The highest BCUT2D eigenvalue weighted by atomic mass is 35.5. The standard InChI is InChI=1S/C18H18ClN5O/c1-11(25)21-12-6-7-24(10-12)17-8-13(14(19)9-20-17)18-22-15-4-2-3-5-16(15)23-18/h2-5,8-9,12H,6-7,10H2,1H3,(H,21,25)(H,22,23). The van der Waals surface area contributed by atoms with Gasteiger partial charge in [-0.3, -0.25) is 4.79 Å². The monoisotopic (exact) mass is 355 g/mol. The third-order valence-corrected chi connectivity index (χ3v) is 4.71. The zero-order valence-corrected chi connectivity index (χ0v) is 14.5. The van der Waals surface area contributed by atoms with Crippen LogP contribution in [0.2, 0.25) is 5.02 Å². The largest absolute Gasteiger partial charge is 0.354 e. The van der Waals surface area contributed by atoms with E-state index in [1.54, 1.807) is 13.1 Å². The van der Waals surface area contributed by atoms with Crippen LogP contribution in [-0.2, 0) is 4.79 Å². The SMILES string of the molecule is CC(=O)NC1CCN(c2cc(-c3nc4ccccc4[nH]3)c(Cl)cn2)C1. The van der Waals surface area contributed by atoms with Crippen molar-refractivity contribution in [1.29, 1.82) is 0 Å². The molecule has 0 saturated carbocycles. The Balaban J connectivity index is 1.64. The minimum atomic E-state index is -0.00104. The van der Waals surface area contributed by atoms with Gasteiger partial charge >= 0.3 is 0 Å². The number of hydrogen-bond acceptors (Lipinski definition) is 4. The minimum Gasteiger partial charge on any atom is -0.354 e. The molecule has 7 heteroatoms. The van der Waals surface area contributed by atoms with Crippen LogP contribution in [0.1, 0.15) is 13.3 Å². The molecule has 0 spiro atoms. The number of carbonyl (C=O) groups excluding carboxylic acids is 1. The Hall–Kier alpha value is -2.60. The predicted molar refractivity (Wildman–Crippen MR) is 98.8 cm³/mol. The summed E-state index contributed by atoms with van der Waals surface area (Å²) in [6.07, 6.45) is 2.56. The molecule has 1 aliphatic heterocycles. The van der Waals surface area contributed by atoms with Gasteiger partial charge < -0.3 is 15.2 Å². The molecule has 0 bridgehead atoms. The second-order valence-electron chi connectivity index (χ2n) is 6.26. The number of H-pyrrole nitrogens is 1. The summed E-state index contributed by atoms with van der Waals surface area (Å²) in [4.78, 5) is 25.8. The molecule has 1 amide bonds. The summed E-state index contributed by atoms with van der Waals surface area (Å²) >= 11 is 6.36. The maximum atomic E-state index is 11.2. The molecule has 1 saturated heterocycles. The summed E-state index contributed by atoms with van der Waals surface area (Å²) in [7, 11) is 0. The number of amides is 1. The van der Waals surface area contributed by atoms with Crippen molar-refractivity contribution in [3.8, 4) is 11.4 Å². The van der Waals surface area contributed by atoms with Crippen LogP contribution in [-0.4, -0.2) is 40.0 Å². The van der Waals surface area contributed by atoms with Crippen LogP contribution in [0.25, 0.3) is 22.4 Å². The fourth-order valence-corrected chi connectivity index (χ4v) is 3.43. The van der Waals surface area contributed by atoms with Gasteiger partial charge in [0, 0.05) is 37.8 Å². The van der Waals surface area contributed by atoms with E-state index in [2.05, 4.69) is 25.2 Å². The highest BCUT2D eigenvalue weighted by Gasteiger charge is 2.24. The predicted octanol–water partition coefficient (Wildman–Crippen LogP) is 2.99. The quantitative estimate of drug-likeness (QED) is 0.757. The van der Waals surface area contributed by atoms with Crippen LogP contribution in [0.15, 0.2) is 36.5 Å². The summed E-state index contributed by atoms with van der Waals surface area (Å²) in [5.41, 5.74) is 2.70. The molecular weight excluding hydrogens is 338 g/mol. The van der Waals surface area contributed by atoms with Gasteiger partial charge in [0.1, 0.15) is 11.6 Å². The Morgan fingerprint density at radius 1 is 1.40 bits per heavy atom. The molecule has 1 aliphatic rings. The molecular formula is C18H18ClN5O. The Labute approximate surface area is 150 Å². The van der Waals surface area contributed by atoms with Crippen molar-refractivity contribution < 1.29 is 4.79 Å². The number of benzene rings is 1. The van der Waals surface area contributed by atoms with Crippen LogP contribution >= 0.6 is 11.6 Å². The fraction of sp³-hybridized carbons (Fsp3) is 0.278. The molecule has 1 aromatic carbocycles. The number of rotatable bonds is 3.